The Labute approximate surface area is 227 Å². The van der Waals surface area contributed by atoms with Gasteiger partial charge in [-0.3, -0.25) is 14.8 Å². The summed E-state index contributed by atoms with van der Waals surface area (Å²) in [5, 5.41) is 15.1. The average molecular weight is 532 g/mol. The lowest BCUT2D eigenvalue weighted by Gasteiger charge is -2.15. The van der Waals surface area contributed by atoms with Crippen LogP contribution in [0.15, 0.2) is 82.8 Å². The van der Waals surface area contributed by atoms with Gasteiger partial charge in [0.2, 0.25) is 0 Å². The van der Waals surface area contributed by atoms with Gasteiger partial charge in [-0.25, -0.2) is 4.79 Å². The molecule has 3 amide bonds. The number of aliphatic imine (C=N–C) groups is 2. The molecule has 10 heteroatoms. The Kier molecular flexibility index (Phi) is 8.94. The van der Waals surface area contributed by atoms with Crippen LogP contribution in [0.25, 0.3) is 0 Å². The summed E-state index contributed by atoms with van der Waals surface area (Å²) in [4.78, 5) is 34.3. The summed E-state index contributed by atoms with van der Waals surface area (Å²) in [5.41, 5.74) is 4.26. The fourth-order valence-electron chi connectivity index (χ4n) is 4.11. The topological polar surface area (TPSA) is 119 Å². The lowest BCUT2D eigenvalue weighted by atomic mass is 10.1. The summed E-state index contributed by atoms with van der Waals surface area (Å²) in [7, 11) is 0. The van der Waals surface area contributed by atoms with E-state index in [2.05, 4.69) is 36.6 Å². The van der Waals surface area contributed by atoms with Crippen LogP contribution in [0, 0.1) is 0 Å². The number of urea groups is 1. The molecule has 2 aliphatic heterocycles. The number of hydrogen-bond acceptors (Lipinski definition) is 6. The number of benzene rings is 3. The Morgan fingerprint density at radius 2 is 1.18 bits per heavy atom. The predicted octanol–water partition coefficient (Wildman–Crippen LogP) is 4.48. The fourth-order valence-corrected chi connectivity index (χ4v) is 4.11. The molecule has 2 heterocycles. The number of amides is 3. The van der Waals surface area contributed by atoms with E-state index in [1.165, 1.54) is 0 Å². The minimum absolute atomic E-state index is 0. The molecule has 0 radical (unpaired) electrons. The molecule has 0 saturated carbocycles. The number of anilines is 3. The molecule has 5 rings (SSSR count). The van der Waals surface area contributed by atoms with Crippen molar-refractivity contribution in [3.63, 3.8) is 0 Å². The highest BCUT2D eigenvalue weighted by Gasteiger charge is 2.11. The van der Waals surface area contributed by atoms with E-state index in [-0.39, 0.29) is 18.3 Å². The molecule has 196 valence electrons. The third-order valence-electron chi connectivity index (χ3n) is 6.01. The molecule has 0 atom stereocenters. The summed E-state index contributed by atoms with van der Waals surface area (Å²) in [6, 6.07) is 21.5. The first-order chi connectivity index (χ1) is 18.1. The predicted molar refractivity (Wildman–Crippen MR) is 155 cm³/mol. The van der Waals surface area contributed by atoms with Gasteiger partial charge in [0, 0.05) is 59.9 Å². The first kappa shape index (κ1) is 26.7. The molecule has 0 bridgehead atoms. The van der Waals surface area contributed by atoms with Crippen molar-refractivity contribution in [1.29, 1.82) is 0 Å². The van der Waals surface area contributed by atoms with Gasteiger partial charge >= 0.3 is 6.03 Å². The van der Waals surface area contributed by atoms with Crippen LogP contribution >= 0.6 is 12.4 Å². The van der Waals surface area contributed by atoms with E-state index in [0.717, 1.165) is 61.8 Å². The van der Waals surface area contributed by atoms with Crippen LogP contribution < -0.4 is 26.6 Å². The molecule has 3 aromatic carbocycles. The molecule has 3 aromatic rings. The van der Waals surface area contributed by atoms with Gasteiger partial charge < -0.3 is 26.6 Å². The minimum atomic E-state index is -0.395. The third-order valence-corrected chi connectivity index (χ3v) is 6.01. The second kappa shape index (κ2) is 12.7. The van der Waals surface area contributed by atoms with Gasteiger partial charge in [0.25, 0.3) is 5.91 Å². The maximum Gasteiger partial charge on any atom is 0.323 e. The number of nitrogens with one attached hydrogen (secondary N) is 5. The summed E-state index contributed by atoms with van der Waals surface area (Å²) in [5.74, 6) is 1.50. The smallest absolute Gasteiger partial charge is 0.323 e. The molecule has 0 aromatic heterocycles. The molecule has 5 N–H and O–H groups in total. The van der Waals surface area contributed by atoms with Crippen LogP contribution in [0.3, 0.4) is 0 Å². The first-order valence-electron chi connectivity index (χ1n) is 12.4. The van der Waals surface area contributed by atoms with Crippen LogP contribution in [-0.4, -0.2) is 49.8 Å². The molecule has 38 heavy (non-hydrogen) atoms. The Morgan fingerprint density at radius 3 is 1.71 bits per heavy atom. The van der Waals surface area contributed by atoms with Gasteiger partial charge in [-0.1, -0.05) is 6.07 Å². The molecule has 0 saturated heterocycles. The average Bonchev–Trinajstić information content (AvgIpc) is 2.95. The molecule has 0 aliphatic carbocycles. The Balaban J connectivity index is 0.00000336. The zero-order valence-electron chi connectivity index (χ0n) is 20.8. The van der Waals surface area contributed by atoms with Crippen LogP contribution in [0.4, 0.5) is 21.9 Å². The van der Waals surface area contributed by atoms with E-state index >= 15 is 0 Å². The normalized spacial score (nSPS) is 14.4. The number of nitrogens with zero attached hydrogens (tertiary/aromatic N) is 2. The van der Waals surface area contributed by atoms with Crippen LogP contribution in [-0.2, 0) is 0 Å². The van der Waals surface area contributed by atoms with Crippen molar-refractivity contribution in [2.75, 3.05) is 42.1 Å². The lowest BCUT2D eigenvalue weighted by Crippen LogP contribution is -2.30. The number of amidine groups is 2. The van der Waals surface area contributed by atoms with E-state index in [1.807, 2.05) is 48.5 Å². The molecule has 0 unspecified atom stereocenters. The SMILES string of the molecule is Cl.O=C(Nc1ccc(C2=NCCCN2)cc1)Nc1cccc(C(=O)Nc2ccc(C3=NCCCN3)cc2)c1. The Hall–Kier alpha value is -4.37. The lowest BCUT2D eigenvalue weighted by molar-refractivity contribution is 0.102. The minimum Gasteiger partial charge on any atom is -0.370 e. The van der Waals surface area contributed by atoms with Gasteiger partial charge in [0.05, 0.1) is 0 Å². The van der Waals surface area contributed by atoms with Crippen LogP contribution in [0.2, 0.25) is 0 Å². The second-order valence-corrected chi connectivity index (χ2v) is 8.79. The van der Waals surface area contributed by atoms with E-state index in [1.54, 1.807) is 24.3 Å². The first-order valence-corrected chi connectivity index (χ1v) is 12.4. The number of rotatable bonds is 6. The van der Waals surface area contributed by atoms with Crippen molar-refractivity contribution >= 4 is 53.1 Å². The third kappa shape index (κ3) is 6.89. The Bertz CT molecular complexity index is 1340. The molecular formula is C28H30ClN7O2. The van der Waals surface area contributed by atoms with Gasteiger partial charge in [-0.05, 0) is 79.6 Å². The number of carbonyl (C=O) groups is 2. The highest BCUT2D eigenvalue weighted by Crippen LogP contribution is 2.16. The van der Waals surface area contributed by atoms with Gasteiger partial charge in [0.1, 0.15) is 11.7 Å². The molecular weight excluding hydrogens is 502 g/mol. The molecule has 0 fully saturated rings. The molecule has 2 aliphatic rings. The van der Waals surface area contributed by atoms with E-state index in [9.17, 15) is 9.59 Å². The maximum atomic E-state index is 12.8. The number of carbonyl (C=O) groups excluding carboxylic acids is 2. The van der Waals surface area contributed by atoms with Gasteiger partial charge in [-0.15, -0.1) is 12.4 Å². The summed E-state index contributed by atoms with van der Waals surface area (Å²) < 4.78 is 0. The largest absolute Gasteiger partial charge is 0.370 e. The summed E-state index contributed by atoms with van der Waals surface area (Å²) in [6.07, 6.45) is 2.07. The van der Waals surface area contributed by atoms with Gasteiger partial charge in [-0.2, -0.15) is 0 Å². The summed E-state index contributed by atoms with van der Waals surface area (Å²) >= 11 is 0. The van der Waals surface area contributed by atoms with Crippen molar-refractivity contribution in [1.82, 2.24) is 10.6 Å². The maximum absolute atomic E-state index is 12.8. The van der Waals surface area contributed by atoms with Crippen LogP contribution in [0.1, 0.15) is 34.3 Å². The van der Waals surface area contributed by atoms with Crippen molar-refractivity contribution in [2.45, 2.75) is 12.8 Å². The summed E-state index contributed by atoms with van der Waals surface area (Å²) in [6.45, 7) is 3.48. The second-order valence-electron chi connectivity index (χ2n) is 8.79. The van der Waals surface area contributed by atoms with Crippen molar-refractivity contribution in [3.05, 3.63) is 89.5 Å². The standard InChI is InChI=1S/C28H29N7O2.ClH/c36-27(33-22-10-6-19(7-11-22)25-29-14-2-15-30-25)21-4-1-5-24(18-21)35-28(37)34-23-12-8-20(9-13-23)26-31-16-3-17-32-26;/h1,4-13,18H,2-3,14-17H2,(H,29,30)(H,31,32)(H,33,36)(H2,34,35,37);1H. The van der Waals surface area contributed by atoms with Crippen molar-refractivity contribution in [3.8, 4) is 0 Å². The highest BCUT2D eigenvalue weighted by atomic mass is 35.5. The zero-order valence-corrected chi connectivity index (χ0v) is 21.6. The van der Waals surface area contributed by atoms with Crippen molar-refractivity contribution < 1.29 is 9.59 Å². The Morgan fingerprint density at radius 1 is 0.658 bits per heavy atom. The fraction of sp³-hybridized carbons (Fsp3) is 0.214. The van der Waals surface area contributed by atoms with Crippen LogP contribution in [0.5, 0.6) is 0 Å². The van der Waals surface area contributed by atoms with E-state index in [4.69, 9.17) is 0 Å². The zero-order chi connectivity index (χ0) is 25.5. The van der Waals surface area contributed by atoms with Crippen molar-refractivity contribution in [2.24, 2.45) is 9.98 Å². The number of hydrogen-bond donors (Lipinski definition) is 5. The number of halogens is 1. The molecule has 9 nitrogen and oxygen atoms in total. The van der Waals surface area contributed by atoms with E-state index in [0.29, 0.717) is 22.6 Å². The van der Waals surface area contributed by atoms with E-state index < -0.39 is 6.03 Å². The van der Waals surface area contributed by atoms with Gasteiger partial charge in [0.15, 0.2) is 0 Å². The monoisotopic (exact) mass is 531 g/mol. The highest BCUT2D eigenvalue weighted by molar-refractivity contribution is 6.07. The quantitative estimate of drug-likeness (QED) is 0.322. The molecule has 0 spiro atoms.